The van der Waals surface area contributed by atoms with Gasteiger partial charge in [-0.05, 0) is 36.1 Å². The summed E-state index contributed by atoms with van der Waals surface area (Å²) in [7, 11) is 1.64. The summed E-state index contributed by atoms with van der Waals surface area (Å²) in [6.45, 7) is 4.43. The van der Waals surface area contributed by atoms with Gasteiger partial charge in [-0.2, -0.15) is 0 Å². The van der Waals surface area contributed by atoms with Crippen LogP contribution in [-0.2, 0) is 4.79 Å². The van der Waals surface area contributed by atoms with Gasteiger partial charge in [-0.1, -0.05) is 26.0 Å². The zero-order valence-corrected chi connectivity index (χ0v) is 15.2. The Morgan fingerprint density at radius 3 is 2.42 bits per heavy atom. The molecule has 2 aromatic carbocycles. The minimum Gasteiger partial charge on any atom is -0.497 e. The van der Waals surface area contributed by atoms with E-state index >= 15 is 0 Å². The fraction of sp³-hybridized carbons (Fsp3) is 0.381. The molecule has 5 heteroatoms. The summed E-state index contributed by atoms with van der Waals surface area (Å²) in [4.78, 5) is 12.8. The van der Waals surface area contributed by atoms with Crippen LogP contribution in [0.15, 0.2) is 36.4 Å². The molecule has 136 valence electrons. The molecule has 2 aromatic rings. The van der Waals surface area contributed by atoms with E-state index in [2.05, 4.69) is 13.8 Å². The van der Waals surface area contributed by atoms with Crippen LogP contribution in [0.25, 0.3) is 0 Å². The summed E-state index contributed by atoms with van der Waals surface area (Å²) in [5.74, 6) is 2.52. The molecule has 4 rings (SSSR count). The highest BCUT2D eigenvalue weighted by Crippen LogP contribution is 2.49. The summed E-state index contributed by atoms with van der Waals surface area (Å²) in [6.07, 6.45) is 0.753. The number of ether oxygens (including phenoxy) is 4. The van der Waals surface area contributed by atoms with Crippen molar-refractivity contribution in [1.82, 2.24) is 0 Å². The zero-order chi connectivity index (χ0) is 18.3. The second-order valence-corrected chi connectivity index (χ2v) is 7.15. The second-order valence-electron chi connectivity index (χ2n) is 7.15. The Bertz CT molecular complexity index is 825. The van der Waals surface area contributed by atoms with Gasteiger partial charge < -0.3 is 18.9 Å². The summed E-state index contributed by atoms with van der Waals surface area (Å²) in [6, 6.07) is 11.6. The maximum Gasteiger partial charge on any atom is 0.315 e. The minimum atomic E-state index is -0.240. The van der Waals surface area contributed by atoms with Crippen molar-refractivity contribution in [2.45, 2.75) is 26.2 Å². The first-order chi connectivity index (χ1) is 12.6. The van der Waals surface area contributed by atoms with Gasteiger partial charge in [0.15, 0.2) is 11.5 Å². The Morgan fingerprint density at radius 2 is 1.77 bits per heavy atom. The van der Waals surface area contributed by atoms with Crippen LogP contribution in [0, 0.1) is 11.8 Å². The molecular weight excluding hydrogens is 332 g/mol. The third-order valence-electron chi connectivity index (χ3n) is 4.96. The summed E-state index contributed by atoms with van der Waals surface area (Å²) < 4.78 is 21.9. The Hall–Kier alpha value is -2.69. The van der Waals surface area contributed by atoms with Gasteiger partial charge in [0.25, 0.3) is 0 Å². The molecule has 0 spiro atoms. The van der Waals surface area contributed by atoms with E-state index in [1.807, 2.05) is 30.3 Å². The molecule has 0 bridgehead atoms. The van der Waals surface area contributed by atoms with Gasteiger partial charge in [-0.3, -0.25) is 4.79 Å². The normalized spacial score (nSPS) is 20.7. The van der Waals surface area contributed by atoms with E-state index in [1.54, 1.807) is 13.2 Å². The number of hydrogen-bond donors (Lipinski definition) is 0. The van der Waals surface area contributed by atoms with Crippen molar-refractivity contribution in [2.24, 2.45) is 11.8 Å². The average molecular weight is 354 g/mol. The van der Waals surface area contributed by atoms with Gasteiger partial charge in [0.1, 0.15) is 11.5 Å². The predicted octanol–water partition coefficient (Wildman–Crippen LogP) is 4.14. The van der Waals surface area contributed by atoms with Crippen LogP contribution in [0.5, 0.6) is 23.0 Å². The lowest BCUT2D eigenvalue weighted by molar-refractivity contribution is -0.141. The molecule has 2 aliphatic heterocycles. The van der Waals surface area contributed by atoms with Gasteiger partial charge in [0.2, 0.25) is 6.79 Å². The van der Waals surface area contributed by atoms with E-state index in [0.29, 0.717) is 23.2 Å². The van der Waals surface area contributed by atoms with Crippen LogP contribution in [0.2, 0.25) is 0 Å². The van der Waals surface area contributed by atoms with Crippen molar-refractivity contribution < 1.29 is 23.7 Å². The summed E-state index contributed by atoms with van der Waals surface area (Å²) >= 11 is 0. The van der Waals surface area contributed by atoms with Gasteiger partial charge in [-0.25, -0.2) is 0 Å². The monoisotopic (exact) mass is 354 g/mol. The molecular formula is C21H22O5. The van der Waals surface area contributed by atoms with Gasteiger partial charge in [0, 0.05) is 17.5 Å². The van der Waals surface area contributed by atoms with Gasteiger partial charge in [0.05, 0.1) is 13.0 Å². The minimum absolute atomic E-state index is 0.0888. The predicted molar refractivity (Wildman–Crippen MR) is 96.0 cm³/mol. The number of rotatable bonds is 4. The number of fused-ring (bicyclic) bond motifs is 2. The number of benzene rings is 2. The molecule has 0 N–H and O–H groups in total. The molecule has 0 unspecified atom stereocenters. The van der Waals surface area contributed by atoms with Crippen LogP contribution in [0.3, 0.4) is 0 Å². The number of hydrogen-bond acceptors (Lipinski definition) is 5. The first kappa shape index (κ1) is 16.8. The molecule has 26 heavy (non-hydrogen) atoms. The molecule has 0 radical (unpaired) electrons. The Labute approximate surface area is 152 Å². The maximum atomic E-state index is 12.8. The molecule has 2 atom stereocenters. The standard InChI is InChI=1S/C21H22O5/c1-12(2)8-16-20(13-4-6-14(23-3)7-5-13)15-9-18-19(25-11-24-18)10-17(15)26-21(16)22/h4-7,9-10,12,16,20H,8,11H2,1-3H3/t16-,20+/m0/s1. The van der Waals surface area contributed by atoms with E-state index in [4.69, 9.17) is 18.9 Å². The molecule has 0 aliphatic carbocycles. The first-order valence-electron chi connectivity index (χ1n) is 8.86. The van der Waals surface area contributed by atoms with Gasteiger partial charge >= 0.3 is 5.97 Å². The lowest BCUT2D eigenvalue weighted by Gasteiger charge is -2.33. The van der Waals surface area contributed by atoms with E-state index < -0.39 is 0 Å². The third kappa shape index (κ3) is 2.87. The largest absolute Gasteiger partial charge is 0.497 e. The molecule has 5 nitrogen and oxygen atoms in total. The highest BCUT2D eigenvalue weighted by atomic mass is 16.7. The fourth-order valence-electron chi connectivity index (χ4n) is 3.77. The quantitative estimate of drug-likeness (QED) is 0.610. The Balaban J connectivity index is 1.83. The Kier molecular flexibility index (Phi) is 4.23. The lowest BCUT2D eigenvalue weighted by atomic mass is 9.75. The van der Waals surface area contributed by atoms with Crippen LogP contribution >= 0.6 is 0 Å². The van der Waals surface area contributed by atoms with E-state index in [-0.39, 0.29) is 24.6 Å². The average Bonchev–Trinajstić information content (AvgIpc) is 3.08. The maximum absolute atomic E-state index is 12.8. The smallest absolute Gasteiger partial charge is 0.315 e. The van der Waals surface area contributed by atoms with Crippen molar-refractivity contribution in [3.63, 3.8) is 0 Å². The fourth-order valence-corrected chi connectivity index (χ4v) is 3.77. The number of esters is 1. The molecule has 0 fully saturated rings. The number of carbonyl (C=O) groups is 1. The molecule has 0 aromatic heterocycles. The van der Waals surface area contributed by atoms with Crippen LogP contribution in [0.1, 0.15) is 37.3 Å². The topological polar surface area (TPSA) is 54.0 Å². The highest BCUT2D eigenvalue weighted by Gasteiger charge is 2.40. The lowest BCUT2D eigenvalue weighted by Crippen LogP contribution is -2.33. The number of methoxy groups -OCH3 is 1. The van der Waals surface area contributed by atoms with Crippen LogP contribution in [-0.4, -0.2) is 19.9 Å². The van der Waals surface area contributed by atoms with Gasteiger partial charge in [-0.15, -0.1) is 0 Å². The van der Waals surface area contributed by atoms with E-state index in [1.165, 1.54) is 0 Å². The van der Waals surface area contributed by atoms with Crippen LogP contribution in [0.4, 0.5) is 0 Å². The SMILES string of the molecule is COc1ccc([C@@H]2c3cc4c(cc3OC(=O)[C@H]2CC(C)C)OCO4)cc1. The Morgan fingerprint density at radius 1 is 1.08 bits per heavy atom. The molecule has 0 saturated heterocycles. The van der Waals surface area contributed by atoms with Crippen molar-refractivity contribution in [2.75, 3.05) is 13.9 Å². The molecule has 2 aliphatic rings. The molecule has 0 amide bonds. The third-order valence-corrected chi connectivity index (χ3v) is 4.96. The van der Waals surface area contributed by atoms with E-state index in [0.717, 1.165) is 23.3 Å². The summed E-state index contributed by atoms with van der Waals surface area (Å²) in [5, 5.41) is 0. The molecule has 2 heterocycles. The molecule has 0 saturated carbocycles. The van der Waals surface area contributed by atoms with E-state index in [9.17, 15) is 4.79 Å². The van der Waals surface area contributed by atoms with Crippen molar-refractivity contribution >= 4 is 5.97 Å². The summed E-state index contributed by atoms with van der Waals surface area (Å²) in [5.41, 5.74) is 2.03. The van der Waals surface area contributed by atoms with Crippen molar-refractivity contribution in [1.29, 1.82) is 0 Å². The highest BCUT2D eigenvalue weighted by molar-refractivity contribution is 5.81. The number of carbonyl (C=O) groups excluding carboxylic acids is 1. The zero-order valence-electron chi connectivity index (χ0n) is 15.2. The second kappa shape index (κ2) is 6.56. The first-order valence-corrected chi connectivity index (χ1v) is 8.86. The van der Waals surface area contributed by atoms with Crippen LogP contribution < -0.4 is 18.9 Å². The van der Waals surface area contributed by atoms with Crippen molar-refractivity contribution in [3.05, 3.63) is 47.5 Å². The van der Waals surface area contributed by atoms with Crippen molar-refractivity contribution in [3.8, 4) is 23.0 Å².